The average Bonchev–Trinajstić information content (AvgIpc) is 3.07. The Labute approximate surface area is 184 Å². The monoisotopic (exact) mass is 475 g/mol. The van der Waals surface area contributed by atoms with Crippen molar-refractivity contribution in [2.24, 2.45) is 0 Å². The highest BCUT2D eigenvalue weighted by Crippen LogP contribution is 2.32. The van der Waals surface area contributed by atoms with E-state index in [0.29, 0.717) is 12.1 Å². The minimum atomic E-state index is -0.0435. The number of carbonyl (C=O) groups excluding carboxylic acids is 1. The van der Waals surface area contributed by atoms with Gasteiger partial charge in [-0.05, 0) is 83.4 Å². The fraction of sp³-hybridized carbons (Fsp3) is 0.364. The number of rotatable bonds is 8. The molecule has 5 nitrogen and oxygen atoms in total. The van der Waals surface area contributed by atoms with Crippen LogP contribution in [-0.2, 0) is 0 Å². The molecule has 1 aromatic heterocycles. The zero-order valence-corrected chi connectivity index (χ0v) is 19.6. The Bertz CT molecular complexity index is 970. The van der Waals surface area contributed by atoms with E-state index >= 15 is 0 Å². The number of hydrogen-bond donors (Lipinski definition) is 0. The van der Waals surface area contributed by atoms with E-state index in [-0.39, 0.29) is 12.0 Å². The second kappa shape index (κ2) is 9.69. The van der Waals surface area contributed by atoms with Gasteiger partial charge >= 0.3 is 0 Å². The summed E-state index contributed by atoms with van der Waals surface area (Å²) in [6, 6.07) is 13.3. The van der Waals surface area contributed by atoms with E-state index in [1.165, 1.54) is 11.3 Å². The number of thiazole rings is 1. The van der Waals surface area contributed by atoms with Gasteiger partial charge in [-0.3, -0.25) is 9.69 Å². The molecule has 0 N–H and O–H groups in total. The predicted molar refractivity (Wildman–Crippen MR) is 124 cm³/mol. The summed E-state index contributed by atoms with van der Waals surface area (Å²) in [6.45, 7) is 5.48. The van der Waals surface area contributed by atoms with Crippen LogP contribution < -0.4 is 9.64 Å². The molecular formula is C22H26BrN3O2S. The Morgan fingerprint density at radius 3 is 2.52 bits per heavy atom. The third kappa shape index (κ3) is 5.78. The van der Waals surface area contributed by atoms with Crippen LogP contribution in [0.25, 0.3) is 10.2 Å². The van der Waals surface area contributed by atoms with Crippen molar-refractivity contribution in [2.75, 3.05) is 32.1 Å². The van der Waals surface area contributed by atoms with Crippen LogP contribution in [0.2, 0.25) is 0 Å². The Morgan fingerprint density at radius 2 is 1.86 bits per heavy atom. The summed E-state index contributed by atoms with van der Waals surface area (Å²) in [6.07, 6.45) is 0.966. The highest BCUT2D eigenvalue weighted by molar-refractivity contribution is 9.10. The number of aromatic nitrogens is 1. The molecule has 0 aliphatic rings. The van der Waals surface area contributed by atoms with Crippen LogP contribution in [0.5, 0.6) is 5.75 Å². The van der Waals surface area contributed by atoms with E-state index in [9.17, 15) is 4.79 Å². The fourth-order valence-corrected chi connectivity index (χ4v) is 4.48. The smallest absolute Gasteiger partial charge is 0.260 e. The molecule has 0 unspecified atom stereocenters. The summed E-state index contributed by atoms with van der Waals surface area (Å²) >= 11 is 5.05. The molecule has 0 aliphatic carbocycles. The van der Waals surface area contributed by atoms with Gasteiger partial charge in [0.25, 0.3) is 5.91 Å². The number of nitrogens with zero attached hydrogens (tertiary/aromatic N) is 3. The Balaban J connectivity index is 1.88. The molecule has 0 aliphatic heterocycles. The zero-order chi connectivity index (χ0) is 21.0. The van der Waals surface area contributed by atoms with Gasteiger partial charge in [-0.25, -0.2) is 4.98 Å². The van der Waals surface area contributed by atoms with Gasteiger partial charge in [0.2, 0.25) is 0 Å². The number of ether oxygens (including phenoxy) is 1. The van der Waals surface area contributed by atoms with Crippen LogP contribution in [0, 0.1) is 0 Å². The van der Waals surface area contributed by atoms with Crippen molar-refractivity contribution < 1.29 is 9.53 Å². The second-order valence-electron chi connectivity index (χ2n) is 7.41. The van der Waals surface area contributed by atoms with Crippen LogP contribution in [0.1, 0.15) is 30.6 Å². The first-order chi connectivity index (χ1) is 13.8. The number of halogens is 1. The first-order valence-corrected chi connectivity index (χ1v) is 11.2. The summed E-state index contributed by atoms with van der Waals surface area (Å²) < 4.78 is 7.75. The topological polar surface area (TPSA) is 45.7 Å². The standard InChI is InChI=1S/C22H26BrN3O2S/c1-15(2)28-18-9-6-16(7-10-18)21(27)26(13-5-12-25(3)4)22-24-19-11-8-17(23)14-20(19)29-22/h6-11,14-15H,5,12-13H2,1-4H3. The minimum absolute atomic E-state index is 0.0435. The number of hydrogen-bond acceptors (Lipinski definition) is 5. The third-order valence-corrected chi connectivity index (χ3v) is 5.81. The number of anilines is 1. The molecule has 0 atom stereocenters. The van der Waals surface area contributed by atoms with Crippen molar-refractivity contribution in [1.29, 1.82) is 0 Å². The maximum Gasteiger partial charge on any atom is 0.260 e. The van der Waals surface area contributed by atoms with Gasteiger partial charge in [-0.15, -0.1) is 0 Å². The molecule has 0 radical (unpaired) electrons. The molecule has 154 valence electrons. The van der Waals surface area contributed by atoms with Crippen molar-refractivity contribution in [2.45, 2.75) is 26.4 Å². The predicted octanol–water partition coefficient (Wildman–Crippen LogP) is 5.44. The van der Waals surface area contributed by atoms with E-state index in [0.717, 1.165) is 38.5 Å². The van der Waals surface area contributed by atoms with Gasteiger partial charge in [-0.2, -0.15) is 0 Å². The average molecular weight is 476 g/mol. The lowest BCUT2D eigenvalue weighted by molar-refractivity contribution is 0.0986. The fourth-order valence-electron chi connectivity index (χ4n) is 2.93. The van der Waals surface area contributed by atoms with E-state index in [2.05, 4.69) is 20.8 Å². The molecule has 0 spiro atoms. The van der Waals surface area contributed by atoms with Crippen LogP contribution in [0.3, 0.4) is 0 Å². The van der Waals surface area contributed by atoms with E-state index < -0.39 is 0 Å². The van der Waals surface area contributed by atoms with Crippen molar-refractivity contribution >= 4 is 48.5 Å². The van der Waals surface area contributed by atoms with Crippen molar-refractivity contribution in [3.63, 3.8) is 0 Å². The largest absolute Gasteiger partial charge is 0.491 e. The number of benzene rings is 2. The lowest BCUT2D eigenvalue weighted by atomic mass is 10.2. The van der Waals surface area contributed by atoms with Crippen molar-refractivity contribution in [3.8, 4) is 5.75 Å². The first-order valence-electron chi connectivity index (χ1n) is 9.63. The maximum atomic E-state index is 13.3. The van der Waals surface area contributed by atoms with E-state index in [1.807, 2.05) is 70.4 Å². The number of carbonyl (C=O) groups is 1. The van der Waals surface area contributed by atoms with Crippen LogP contribution >= 0.6 is 27.3 Å². The molecule has 1 heterocycles. The van der Waals surface area contributed by atoms with E-state index in [1.54, 1.807) is 4.90 Å². The highest BCUT2D eigenvalue weighted by Gasteiger charge is 2.21. The lowest BCUT2D eigenvalue weighted by Crippen LogP contribution is -2.33. The molecular weight excluding hydrogens is 450 g/mol. The minimum Gasteiger partial charge on any atom is -0.491 e. The van der Waals surface area contributed by atoms with E-state index in [4.69, 9.17) is 9.72 Å². The molecule has 0 saturated heterocycles. The zero-order valence-electron chi connectivity index (χ0n) is 17.2. The van der Waals surface area contributed by atoms with Gasteiger partial charge in [0.15, 0.2) is 5.13 Å². The van der Waals surface area contributed by atoms with Crippen LogP contribution in [0.4, 0.5) is 5.13 Å². The number of amides is 1. The van der Waals surface area contributed by atoms with Crippen LogP contribution in [-0.4, -0.2) is 49.1 Å². The summed E-state index contributed by atoms with van der Waals surface area (Å²) in [4.78, 5) is 22.0. The Hall–Kier alpha value is -1.96. The van der Waals surface area contributed by atoms with Gasteiger partial charge in [0.05, 0.1) is 16.3 Å². The molecule has 3 rings (SSSR count). The van der Waals surface area contributed by atoms with Gasteiger partial charge < -0.3 is 9.64 Å². The summed E-state index contributed by atoms with van der Waals surface area (Å²) in [5, 5.41) is 0.726. The summed E-state index contributed by atoms with van der Waals surface area (Å²) in [5.74, 6) is 0.721. The quantitative estimate of drug-likeness (QED) is 0.434. The van der Waals surface area contributed by atoms with Crippen molar-refractivity contribution in [3.05, 3.63) is 52.5 Å². The van der Waals surface area contributed by atoms with Crippen molar-refractivity contribution in [1.82, 2.24) is 9.88 Å². The lowest BCUT2D eigenvalue weighted by Gasteiger charge is -2.21. The first kappa shape index (κ1) is 21.7. The maximum absolute atomic E-state index is 13.3. The second-order valence-corrected chi connectivity index (χ2v) is 9.34. The molecule has 0 saturated carbocycles. The Morgan fingerprint density at radius 1 is 1.14 bits per heavy atom. The van der Waals surface area contributed by atoms with Gasteiger partial charge in [0.1, 0.15) is 5.75 Å². The van der Waals surface area contributed by atoms with Gasteiger partial charge in [-0.1, -0.05) is 27.3 Å². The molecule has 29 heavy (non-hydrogen) atoms. The molecule has 7 heteroatoms. The molecule has 0 bridgehead atoms. The molecule has 1 amide bonds. The molecule has 2 aromatic carbocycles. The highest BCUT2D eigenvalue weighted by atomic mass is 79.9. The van der Waals surface area contributed by atoms with Crippen LogP contribution in [0.15, 0.2) is 46.9 Å². The third-order valence-electron chi connectivity index (χ3n) is 4.28. The molecule has 0 fully saturated rings. The summed E-state index contributed by atoms with van der Waals surface area (Å²) in [5.41, 5.74) is 1.53. The number of fused-ring (bicyclic) bond motifs is 1. The normalized spacial score (nSPS) is 11.4. The molecule has 3 aromatic rings. The summed E-state index contributed by atoms with van der Waals surface area (Å²) in [7, 11) is 4.07. The SMILES string of the molecule is CC(C)Oc1ccc(C(=O)N(CCCN(C)C)c2nc3ccc(Br)cc3s2)cc1. The Kier molecular flexibility index (Phi) is 7.27. The van der Waals surface area contributed by atoms with Gasteiger partial charge in [0, 0.05) is 16.6 Å².